The molecule has 0 saturated carbocycles. The van der Waals surface area contributed by atoms with Crippen LogP contribution in [-0.4, -0.2) is 17.0 Å². The van der Waals surface area contributed by atoms with Crippen LogP contribution in [0, 0.1) is 11.6 Å². The number of benzene rings is 1. The highest BCUT2D eigenvalue weighted by atomic mass is 19.1. The van der Waals surface area contributed by atoms with Crippen molar-refractivity contribution in [2.45, 2.75) is 32.7 Å². The van der Waals surface area contributed by atoms with E-state index in [1.54, 1.807) is 13.8 Å². The largest absolute Gasteiger partial charge is 0.478 e. The van der Waals surface area contributed by atoms with Crippen LogP contribution in [0.25, 0.3) is 0 Å². The van der Waals surface area contributed by atoms with Crippen molar-refractivity contribution in [2.24, 2.45) is 0 Å². The molecule has 7 heteroatoms. The molecule has 0 radical (unpaired) electrons. The summed E-state index contributed by atoms with van der Waals surface area (Å²) in [6, 6.07) is 3.37. The Balaban J connectivity index is 2.27. The van der Waals surface area contributed by atoms with E-state index in [0.717, 1.165) is 24.3 Å². The molecule has 1 aromatic heterocycles. The van der Waals surface area contributed by atoms with E-state index in [1.165, 1.54) is 0 Å². The summed E-state index contributed by atoms with van der Waals surface area (Å²) in [5.41, 5.74) is -0.0702. The average molecular weight is 337 g/mol. The summed E-state index contributed by atoms with van der Waals surface area (Å²) in [6.45, 7) is 3.40. The maximum atomic E-state index is 13.9. The second-order valence-electron chi connectivity index (χ2n) is 5.21. The summed E-state index contributed by atoms with van der Waals surface area (Å²) < 4.78 is 32.5. The Morgan fingerprint density at radius 3 is 2.50 bits per heavy atom. The lowest BCUT2D eigenvalue weighted by atomic mass is 10.0. The van der Waals surface area contributed by atoms with Gasteiger partial charge in [-0.25, -0.2) is 13.6 Å². The minimum absolute atomic E-state index is 0.0200. The average Bonchev–Trinajstić information content (AvgIpc) is 2.99. The van der Waals surface area contributed by atoms with E-state index < -0.39 is 29.6 Å². The van der Waals surface area contributed by atoms with Gasteiger partial charge in [-0.05, 0) is 24.6 Å². The van der Waals surface area contributed by atoms with E-state index in [-0.39, 0.29) is 22.6 Å². The van der Waals surface area contributed by atoms with Gasteiger partial charge in [-0.3, -0.25) is 4.79 Å². The van der Waals surface area contributed by atoms with Gasteiger partial charge in [0.05, 0.1) is 6.04 Å². The standard InChI is InChI=1S/C17H17F2NO4/c1-3-13(10-7-9(18)5-6-12(10)19)20-16(21)15-8-11(17(22)23)14(4-2)24-15/h5-8,13H,3-4H2,1-2H3,(H,20,21)(H,22,23). The molecule has 0 aliphatic heterocycles. The number of carbonyl (C=O) groups is 2. The minimum Gasteiger partial charge on any atom is -0.478 e. The lowest BCUT2D eigenvalue weighted by Gasteiger charge is -2.17. The van der Waals surface area contributed by atoms with Crippen molar-refractivity contribution >= 4 is 11.9 Å². The first-order valence-corrected chi connectivity index (χ1v) is 7.49. The van der Waals surface area contributed by atoms with Crippen LogP contribution in [0.1, 0.15) is 58.5 Å². The van der Waals surface area contributed by atoms with Crippen LogP contribution in [0.5, 0.6) is 0 Å². The number of carboxylic acid groups (broad SMARTS) is 1. The first-order chi connectivity index (χ1) is 11.4. The smallest absolute Gasteiger partial charge is 0.339 e. The van der Waals surface area contributed by atoms with E-state index in [1.807, 2.05) is 0 Å². The molecule has 128 valence electrons. The fraction of sp³-hybridized carbons (Fsp3) is 0.294. The number of carboxylic acids is 1. The third-order valence-electron chi connectivity index (χ3n) is 3.63. The quantitative estimate of drug-likeness (QED) is 0.842. The second kappa shape index (κ2) is 7.25. The highest BCUT2D eigenvalue weighted by molar-refractivity contribution is 5.96. The topological polar surface area (TPSA) is 79.5 Å². The number of furan rings is 1. The van der Waals surface area contributed by atoms with Crippen molar-refractivity contribution in [3.8, 4) is 0 Å². The molecule has 1 amide bonds. The zero-order valence-corrected chi connectivity index (χ0v) is 13.2. The van der Waals surface area contributed by atoms with Crippen LogP contribution in [-0.2, 0) is 6.42 Å². The van der Waals surface area contributed by atoms with Gasteiger partial charge in [-0.15, -0.1) is 0 Å². The molecule has 0 aliphatic carbocycles. The summed E-state index contributed by atoms with van der Waals surface area (Å²) in [5, 5.41) is 11.6. The molecule has 2 rings (SSSR count). The Bertz CT molecular complexity index is 770. The number of aromatic carboxylic acids is 1. The number of hydrogen-bond donors (Lipinski definition) is 2. The number of aryl methyl sites for hydroxylation is 1. The number of rotatable bonds is 6. The molecule has 0 spiro atoms. The molecule has 2 N–H and O–H groups in total. The van der Waals surface area contributed by atoms with Crippen LogP contribution >= 0.6 is 0 Å². The van der Waals surface area contributed by atoms with Gasteiger partial charge in [-0.1, -0.05) is 13.8 Å². The van der Waals surface area contributed by atoms with Gasteiger partial charge in [0.2, 0.25) is 0 Å². The molecule has 1 heterocycles. The molecular formula is C17H17F2NO4. The fourth-order valence-electron chi connectivity index (χ4n) is 2.40. The van der Waals surface area contributed by atoms with E-state index in [0.29, 0.717) is 12.8 Å². The Morgan fingerprint density at radius 1 is 1.25 bits per heavy atom. The van der Waals surface area contributed by atoms with Gasteiger partial charge in [0.1, 0.15) is 23.0 Å². The number of carbonyl (C=O) groups excluding carboxylic acids is 1. The van der Waals surface area contributed by atoms with Gasteiger partial charge in [0.25, 0.3) is 5.91 Å². The molecule has 5 nitrogen and oxygen atoms in total. The summed E-state index contributed by atoms with van der Waals surface area (Å²) in [5.74, 6) is -3.13. The van der Waals surface area contributed by atoms with Gasteiger partial charge >= 0.3 is 5.97 Å². The van der Waals surface area contributed by atoms with Crippen LogP contribution < -0.4 is 5.32 Å². The van der Waals surface area contributed by atoms with Crippen molar-refractivity contribution in [2.75, 3.05) is 0 Å². The molecule has 24 heavy (non-hydrogen) atoms. The van der Waals surface area contributed by atoms with Crippen molar-refractivity contribution in [3.63, 3.8) is 0 Å². The lowest BCUT2D eigenvalue weighted by molar-refractivity contribution is 0.0694. The number of nitrogens with one attached hydrogen (secondary N) is 1. The monoisotopic (exact) mass is 337 g/mol. The summed E-state index contributed by atoms with van der Waals surface area (Å²) in [4.78, 5) is 23.4. The molecular weight excluding hydrogens is 320 g/mol. The summed E-state index contributed by atoms with van der Waals surface area (Å²) >= 11 is 0. The van der Waals surface area contributed by atoms with Crippen LogP contribution in [0.4, 0.5) is 8.78 Å². The van der Waals surface area contributed by atoms with Gasteiger partial charge < -0.3 is 14.8 Å². The Kier molecular flexibility index (Phi) is 5.33. The maximum Gasteiger partial charge on any atom is 0.339 e. The molecule has 0 aliphatic rings. The predicted molar refractivity (Wildman–Crippen MR) is 81.9 cm³/mol. The molecule has 1 aromatic carbocycles. The van der Waals surface area contributed by atoms with Crippen molar-refractivity contribution < 1.29 is 27.9 Å². The SMILES string of the molecule is CCc1oc(C(=O)NC(CC)c2cc(F)ccc2F)cc1C(=O)O. The molecule has 2 aromatic rings. The lowest BCUT2D eigenvalue weighted by Crippen LogP contribution is -2.28. The van der Waals surface area contributed by atoms with Crippen molar-refractivity contribution in [1.29, 1.82) is 0 Å². The third-order valence-corrected chi connectivity index (χ3v) is 3.63. The summed E-state index contributed by atoms with van der Waals surface area (Å²) in [7, 11) is 0. The van der Waals surface area contributed by atoms with E-state index in [9.17, 15) is 18.4 Å². The van der Waals surface area contributed by atoms with Crippen molar-refractivity contribution in [1.82, 2.24) is 5.32 Å². The first kappa shape index (κ1) is 17.7. The van der Waals surface area contributed by atoms with Gasteiger partial charge in [0, 0.05) is 18.1 Å². The molecule has 0 saturated heterocycles. The molecule has 1 unspecified atom stereocenters. The zero-order valence-electron chi connectivity index (χ0n) is 13.2. The normalized spacial score (nSPS) is 12.0. The van der Waals surface area contributed by atoms with Crippen LogP contribution in [0.3, 0.4) is 0 Å². The number of amides is 1. The first-order valence-electron chi connectivity index (χ1n) is 7.49. The minimum atomic E-state index is -1.20. The number of hydrogen-bond acceptors (Lipinski definition) is 3. The molecule has 0 fully saturated rings. The van der Waals surface area contributed by atoms with Gasteiger partial charge in [-0.2, -0.15) is 0 Å². The second-order valence-corrected chi connectivity index (χ2v) is 5.21. The predicted octanol–water partition coefficient (Wildman–Crippen LogP) is 3.70. The maximum absolute atomic E-state index is 13.9. The Morgan fingerprint density at radius 2 is 1.96 bits per heavy atom. The third kappa shape index (κ3) is 3.61. The summed E-state index contributed by atoms with van der Waals surface area (Å²) in [6.07, 6.45) is 0.629. The van der Waals surface area contributed by atoms with E-state index in [2.05, 4.69) is 5.32 Å². The van der Waals surface area contributed by atoms with Crippen molar-refractivity contribution in [3.05, 3.63) is 58.5 Å². The molecule has 1 atom stereocenters. The van der Waals surface area contributed by atoms with Crippen LogP contribution in [0.15, 0.2) is 28.7 Å². The van der Waals surface area contributed by atoms with Crippen LogP contribution in [0.2, 0.25) is 0 Å². The van der Waals surface area contributed by atoms with E-state index in [4.69, 9.17) is 9.52 Å². The zero-order chi connectivity index (χ0) is 17.9. The highest BCUT2D eigenvalue weighted by Gasteiger charge is 2.23. The van der Waals surface area contributed by atoms with E-state index >= 15 is 0 Å². The fourth-order valence-corrected chi connectivity index (χ4v) is 2.40. The Labute approximate surface area is 137 Å². The highest BCUT2D eigenvalue weighted by Crippen LogP contribution is 2.23. The Hall–Kier alpha value is -2.70. The molecule has 0 bridgehead atoms. The van der Waals surface area contributed by atoms with Gasteiger partial charge in [0.15, 0.2) is 5.76 Å². The number of halogens is 2.